The van der Waals surface area contributed by atoms with E-state index in [0.29, 0.717) is 5.82 Å². The van der Waals surface area contributed by atoms with Crippen molar-refractivity contribution >= 4 is 33.4 Å². The van der Waals surface area contributed by atoms with Crippen molar-refractivity contribution in [2.45, 2.75) is 19.9 Å². The van der Waals surface area contributed by atoms with Crippen LogP contribution in [0, 0.1) is 0 Å². The van der Waals surface area contributed by atoms with E-state index >= 15 is 0 Å². The van der Waals surface area contributed by atoms with Crippen molar-refractivity contribution in [2.75, 3.05) is 18.1 Å². The molecule has 2 heterocycles. The van der Waals surface area contributed by atoms with Crippen LogP contribution in [-0.4, -0.2) is 21.8 Å². The summed E-state index contributed by atoms with van der Waals surface area (Å²) in [5.74, 6) is 1.49. The number of nitrogens with zero attached hydrogens (tertiary/aromatic N) is 3. The molecular formula is C14H17N5. The second-order valence-corrected chi connectivity index (χ2v) is 4.56. The van der Waals surface area contributed by atoms with Crippen molar-refractivity contribution in [2.24, 2.45) is 0 Å². The first-order valence-corrected chi connectivity index (χ1v) is 6.48. The molecule has 5 nitrogen and oxygen atoms in total. The molecule has 0 bridgehead atoms. The number of para-hydroxylation sites is 1. The number of nitrogens with one attached hydrogen (secondary N) is 1. The van der Waals surface area contributed by atoms with Gasteiger partial charge in [0.15, 0.2) is 5.82 Å². The van der Waals surface area contributed by atoms with E-state index < -0.39 is 0 Å². The normalized spacial score (nSPS) is 11.3. The van der Waals surface area contributed by atoms with Gasteiger partial charge in [0.05, 0.1) is 10.9 Å². The summed E-state index contributed by atoms with van der Waals surface area (Å²) in [4.78, 5) is 4.43. The van der Waals surface area contributed by atoms with Crippen molar-refractivity contribution in [1.29, 1.82) is 0 Å². The van der Waals surface area contributed by atoms with Gasteiger partial charge in [-0.15, -0.1) is 0 Å². The SMILES string of the molecule is CCCn1nc2c(N)nc3ccccc3c2c1NC. The molecule has 19 heavy (non-hydrogen) atoms. The largest absolute Gasteiger partial charge is 0.382 e. The monoisotopic (exact) mass is 255 g/mol. The van der Waals surface area contributed by atoms with Gasteiger partial charge in [-0.1, -0.05) is 25.1 Å². The van der Waals surface area contributed by atoms with Crippen LogP contribution < -0.4 is 11.1 Å². The molecule has 0 unspecified atom stereocenters. The molecule has 3 N–H and O–H groups in total. The smallest absolute Gasteiger partial charge is 0.152 e. The van der Waals surface area contributed by atoms with E-state index in [1.807, 2.05) is 29.9 Å². The van der Waals surface area contributed by atoms with Crippen LogP contribution in [0.5, 0.6) is 0 Å². The number of nitrogens with two attached hydrogens (primary N) is 1. The maximum absolute atomic E-state index is 6.04. The fraction of sp³-hybridized carbons (Fsp3) is 0.286. The lowest BCUT2D eigenvalue weighted by atomic mass is 10.1. The van der Waals surface area contributed by atoms with E-state index in [0.717, 1.165) is 40.6 Å². The van der Waals surface area contributed by atoms with Gasteiger partial charge in [-0.25, -0.2) is 9.67 Å². The van der Waals surface area contributed by atoms with Gasteiger partial charge in [-0.3, -0.25) is 0 Å². The highest BCUT2D eigenvalue weighted by Crippen LogP contribution is 2.33. The number of pyridine rings is 1. The summed E-state index contributed by atoms with van der Waals surface area (Å²) in [6, 6.07) is 8.01. The van der Waals surface area contributed by atoms with Crippen LogP contribution in [0.25, 0.3) is 21.8 Å². The fourth-order valence-electron chi connectivity index (χ4n) is 2.49. The minimum Gasteiger partial charge on any atom is -0.382 e. The summed E-state index contributed by atoms with van der Waals surface area (Å²) in [6.07, 6.45) is 1.02. The number of nitrogen functional groups attached to an aromatic ring is 1. The Balaban J connectivity index is 2.47. The number of aryl methyl sites for hydroxylation is 1. The summed E-state index contributed by atoms with van der Waals surface area (Å²) < 4.78 is 1.97. The Morgan fingerprint density at radius 3 is 2.84 bits per heavy atom. The zero-order chi connectivity index (χ0) is 13.4. The van der Waals surface area contributed by atoms with Crippen LogP contribution in [0.4, 0.5) is 11.6 Å². The molecule has 2 aromatic heterocycles. The van der Waals surface area contributed by atoms with Gasteiger partial charge < -0.3 is 11.1 Å². The van der Waals surface area contributed by atoms with Crippen LogP contribution in [0.3, 0.4) is 0 Å². The number of rotatable bonds is 3. The van der Waals surface area contributed by atoms with E-state index in [1.54, 1.807) is 0 Å². The highest BCUT2D eigenvalue weighted by molar-refractivity contribution is 6.13. The molecule has 0 atom stereocenters. The summed E-state index contributed by atoms with van der Waals surface area (Å²) in [6.45, 7) is 2.99. The van der Waals surface area contributed by atoms with Crippen molar-refractivity contribution in [3.8, 4) is 0 Å². The molecule has 0 saturated heterocycles. The number of fused-ring (bicyclic) bond motifs is 3. The Morgan fingerprint density at radius 2 is 2.11 bits per heavy atom. The summed E-state index contributed by atoms with van der Waals surface area (Å²) in [7, 11) is 1.91. The van der Waals surface area contributed by atoms with E-state index in [2.05, 4.69) is 28.4 Å². The molecule has 0 fully saturated rings. The van der Waals surface area contributed by atoms with Gasteiger partial charge in [0.25, 0.3) is 0 Å². The van der Waals surface area contributed by atoms with Crippen LogP contribution >= 0.6 is 0 Å². The lowest BCUT2D eigenvalue weighted by Gasteiger charge is -2.06. The fourth-order valence-corrected chi connectivity index (χ4v) is 2.49. The Hall–Kier alpha value is -2.30. The number of hydrogen-bond donors (Lipinski definition) is 2. The minimum atomic E-state index is 0.486. The van der Waals surface area contributed by atoms with Crippen molar-refractivity contribution < 1.29 is 0 Å². The average molecular weight is 255 g/mol. The van der Waals surface area contributed by atoms with Crippen LogP contribution in [0.2, 0.25) is 0 Å². The van der Waals surface area contributed by atoms with Crippen molar-refractivity contribution in [3.63, 3.8) is 0 Å². The highest BCUT2D eigenvalue weighted by Gasteiger charge is 2.16. The number of benzene rings is 1. The van der Waals surface area contributed by atoms with E-state index in [1.165, 1.54) is 0 Å². The van der Waals surface area contributed by atoms with Gasteiger partial charge >= 0.3 is 0 Å². The molecule has 0 aliphatic rings. The number of aromatic nitrogens is 3. The maximum Gasteiger partial charge on any atom is 0.152 e. The Labute approximate surface area is 111 Å². The van der Waals surface area contributed by atoms with E-state index in [4.69, 9.17) is 5.73 Å². The predicted molar refractivity (Wildman–Crippen MR) is 79.3 cm³/mol. The zero-order valence-corrected chi connectivity index (χ0v) is 11.1. The zero-order valence-electron chi connectivity index (χ0n) is 11.1. The molecule has 3 aromatic rings. The summed E-state index contributed by atoms with van der Waals surface area (Å²) in [5.41, 5.74) is 7.72. The molecule has 0 saturated carbocycles. The first-order valence-electron chi connectivity index (χ1n) is 6.48. The quantitative estimate of drug-likeness (QED) is 0.755. The van der Waals surface area contributed by atoms with Crippen LogP contribution in [0.15, 0.2) is 24.3 Å². The lowest BCUT2D eigenvalue weighted by Crippen LogP contribution is -2.04. The average Bonchev–Trinajstić information content (AvgIpc) is 2.78. The molecule has 5 heteroatoms. The maximum atomic E-state index is 6.04. The van der Waals surface area contributed by atoms with Crippen LogP contribution in [-0.2, 0) is 6.54 Å². The van der Waals surface area contributed by atoms with Gasteiger partial charge in [-0.2, -0.15) is 5.10 Å². The predicted octanol–water partition coefficient (Wildman–Crippen LogP) is 2.62. The third kappa shape index (κ3) is 1.69. The Kier molecular flexibility index (Phi) is 2.74. The first-order chi connectivity index (χ1) is 9.26. The van der Waals surface area contributed by atoms with E-state index in [9.17, 15) is 0 Å². The van der Waals surface area contributed by atoms with Gasteiger partial charge in [-0.05, 0) is 12.5 Å². The first kappa shape index (κ1) is 11.8. The number of anilines is 2. The molecule has 0 spiro atoms. The van der Waals surface area contributed by atoms with Crippen molar-refractivity contribution in [1.82, 2.24) is 14.8 Å². The standard InChI is InChI=1S/C14H17N5/c1-3-8-19-14(16-2)11-9-6-4-5-7-10(9)17-13(15)12(11)18-19/h4-7,16H,3,8H2,1-2H3,(H2,15,17). The molecule has 1 aromatic carbocycles. The van der Waals surface area contributed by atoms with Gasteiger partial charge in [0.2, 0.25) is 0 Å². The van der Waals surface area contributed by atoms with E-state index in [-0.39, 0.29) is 0 Å². The minimum absolute atomic E-state index is 0.486. The third-order valence-corrected chi connectivity index (χ3v) is 3.28. The second-order valence-electron chi connectivity index (χ2n) is 4.56. The molecule has 0 aliphatic heterocycles. The lowest BCUT2D eigenvalue weighted by molar-refractivity contribution is 0.615. The van der Waals surface area contributed by atoms with Crippen molar-refractivity contribution in [3.05, 3.63) is 24.3 Å². The molecule has 0 amide bonds. The summed E-state index contributed by atoms with van der Waals surface area (Å²) >= 11 is 0. The summed E-state index contributed by atoms with van der Waals surface area (Å²) in [5, 5.41) is 9.97. The molecule has 98 valence electrons. The highest BCUT2D eigenvalue weighted by atomic mass is 15.3. The molecule has 3 rings (SSSR count). The molecule has 0 aliphatic carbocycles. The molecular weight excluding hydrogens is 238 g/mol. The number of hydrogen-bond acceptors (Lipinski definition) is 4. The Bertz CT molecular complexity index is 744. The second kappa shape index (κ2) is 4.42. The third-order valence-electron chi connectivity index (χ3n) is 3.28. The molecule has 0 radical (unpaired) electrons. The Morgan fingerprint density at radius 1 is 1.32 bits per heavy atom. The van der Waals surface area contributed by atoms with Crippen LogP contribution in [0.1, 0.15) is 13.3 Å². The van der Waals surface area contributed by atoms with Gasteiger partial charge in [0.1, 0.15) is 11.3 Å². The topological polar surface area (TPSA) is 68.8 Å². The van der Waals surface area contributed by atoms with Gasteiger partial charge in [0, 0.05) is 19.0 Å².